The molecular weight excluding hydrogens is 322 g/mol. The van der Waals surface area contributed by atoms with Crippen LogP contribution in [0.5, 0.6) is 0 Å². The molecule has 6 heteroatoms. The lowest BCUT2D eigenvalue weighted by Gasteiger charge is -2.22. The molecule has 1 aromatic heterocycles. The van der Waals surface area contributed by atoms with E-state index in [-0.39, 0.29) is 11.9 Å². The van der Waals surface area contributed by atoms with Gasteiger partial charge in [-0.15, -0.1) is 11.3 Å². The Bertz CT molecular complexity index is 679. The first-order valence-corrected chi connectivity index (χ1v) is 9.12. The zero-order chi connectivity index (χ0) is 16.9. The van der Waals surface area contributed by atoms with Gasteiger partial charge in [0.1, 0.15) is 0 Å². The lowest BCUT2D eigenvalue weighted by atomic mass is 10.1. The molecule has 0 radical (unpaired) electrons. The zero-order valence-electron chi connectivity index (χ0n) is 14.0. The van der Waals surface area contributed by atoms with Crippen molar-refractivity contribution in [1.82, 2.24) is 10.3 Å². The third-order valence-corrected chi connectivity index (χ3v) is 5.17. The van der Waals surface area contributed by atoms with Crippen LogP contribution in [0.4, 0.5) is 5.13 Å². The largest absolute Gasteiger partial charge is 0.378 e. The molecule has 24 heavy (non-hydrogen) atoms. The average Bonchev–Trinajstić information content (AvgIpc) is 3.00. The van der Waals surface area contributed by atoms with Crippen molar-refractivity contribution in [1.29, 1.82) is 0 Å². The predicted molar refractivity (Wildman–Crippen MR) is 97.5 cm³/mol. The van der Waals surface area contributed by atoms with Gasteiger partial charge < -0.3 is 15.4 Å². The maximum atomic E-state index is 12.3. The second-order valence-corrected chi connectivity index (χ2v) is 7.26. The molecule has 1 amide bonds. The molecule has 5 nitrogen and oxygen atoms in total. The van der Waals surface area contributed by atoms with Crippen LogP contribution in [0.2, 0.25) is 0 Å². The molecule has 0 bridgehead atoms. The summed E-state index contributed by atoms with van der Waals surface area (Å²) in [6, 6.07) is 10.2. The quantitative estimate of drug-likeness (QED) is 0.873. The van der Waals surface area contributed by atoms with E-state index >= 15 is 0 Å². The van der Waals surface area contributed by atoms with E-state index in [1.165, 1.54) is 4.88 Å². The molecular formula is C18H23N3O2S. The molecule has 1 aromatic carbocycles. The molecule has 1 unspecified atom stereocenters. The summed E-state index contributed by atoms with van der Waals surface area (Å²) < 4.78 is 5.39. The number of nitrogens with one attached hydrogen (secondary N) is 2. The standard InChI is InChI=1S/C18H23N3O2S/c1-12(2)17-16(13-6-4-3-5-7-13)21-18(24-17)20-15(22)10-14-11-23-9-8-19-14/h3-7,12,14,19H,8-11H2,1-2H3,(H,20,21,22). The first-order chi connectivity index (χ1) is 11.6. The molecule has 1 fully saturated rings. The van der Waals surface area contributed by atoms with Crippen LogP contribution in [0.15, 0.2) is 30.3 Å². The highest BCUT2D eigenvalue weighted by atomic mass is 32.1. The van der Waals surface area contributed by atoms with E-state index < -0.39 is 0 Å². The van der Waals surface area contributed by atoms with Crippen molar-refractivity contribution in [3.8, 4) is 11.3 Å². The number of benzene rings is 1. The minimum Gasteiger partial charge on any atom is -0.378 e. The Morgan fingerprint density at radius 2 is 2.21 bits per heavy atom. The van der Waals surface area contributed by atoms with E-state index in [0.29, 0.717) is 30.7 Å². The van der Waals surface area contributed by atoms with Gasteiger partial charge in [-0.1, -0.05) is 44.2 Å². The first kappa shape index (κ1) is 17.1. The van der Waals surface area contributed by atoms with E-state index in [4.69, 9.17) is 4.74 Å². The second kappa shape index (κ2) is 7.88. The Morgan fingerprint density at radius 1 is 1.42 bits per heavy atom. The van der Waals surface area contributed by atoms with Gasteiger partial charge in [-0.25, -0.2) is 4.98 Å². The molecule has 2 heterocycles. The number of ether oxygens (including phenoxy) is 1. The molecule has 1 atom stereocenters. The van der Waals surface area contributed by atoms with E-state index in [0.717, 1.165) is 17.8 Å². The Hall–Kier alpha value is -1.76. The number of aromatic nitrogens is 1. The third-order valence-electron chi connectivity index (χ3n) is 3.90. The summed E-state index contributed by atoms with van der Waals surface area (Å²) in [6.07, 6.45) is 0.400. The Balaban J connectivity index is 1.73. The van der Waals surface area contributed by atoms with Gasteiger partial charge >= 0.3 is 0 Å². The van der Waals surface area contributed by atoms with Gasteiger partial charge in [-0.2, -0.15) is 0 Å². The van der Waals surface area contributed by atoms with Crippen LogP contribution in [0.3, 0.4) is 0 Å². The van der Waals surface area contributed by atoms with Gasteiger partial charge in [0.2, 0.25) is 5.91 Å². The Labute approximate surface area is 146 Å². The van der Waals surface area contributed by atoms with Crippen LogP contribution < -0.4 is 10.6 Å². The minimum absolute atomic E-state index is 0.0262. The summed E-state index contributed by atoms with van der Waals surface area (Å²) in [7, 11) is 0. The van der Waals surface area contributed by atoms with Crippen molar-refractivity contribution in [3.05, 3.63) is 35.2 Å². The molecule has 3 rings (SSSR count). The number of morpholine rings is 1. The van der Waals surface area contributed by atoms with Crippen molar-refractivity contribution in [2.24, 2.45) is 0 Å². The Morgan fingerprint density at radius 3 is 2.88 bits per heavy atom. The van der Waals surface area contributed by atoms with Gasteiger partial charge in [-0.05, 0) is 5.92 Å². The fraction of sp³-hybridized carbons (Fsp3) is 0.444. The van der Waals surface area contributed by atoms with Crippen molar-refractivity contribution in [2.45, 2.75) is 32.2 Å². The third kappa shape index (κ3) is 4.20. The summed E-state index contributed by atoms with van der Waals surface area (Å²) in [5.41, 5.74) is 2.05. The monoisotopic (exact) mass is 345 g/mol. The van der Waals surface area contributed by atoms with E-state index in [9.17, 15) is 4.79 Å². The number of amides is 1. The van der Waals surface area contributed by atoms with Crippen LogP contribution in [-0.4, -0.2) is 36.7 Å². The summed E-state index contributed by atoms with van der Waals surface area (Å²) in [5.74, 6) is 0.332. The maximum Gasteiger partial charge on any atom is 0.227 e. The Kier molecular flexibility index (Phi) is 5.60. The average molecular weight is 345 g/mol. The molecule has 1 aliphatic rings. The lowest BCUT2D eigenvalue weighted by Crippen LogP contribution is -2.43. The van der Waals surface area contributed by atoms with E-state index in [1.807, 2.05) is 18.2 Å². The highest BCUT2D eigenvalue weighted by molar-refractivity contribution is 7.16. The number of anilines is 1. The summed E-state index contributed by atoms with van der Waals surface area (Å²) in [4.78, 5) is 18.1. The molecule has 1 saturated heterocycles. The molecule has 0 aliphatic carbocycles. The van der Waals surface area contributed by atoms with Gasteiger partial charge in [0.05, 0.1) is 18.9 Å². The van der Waals surface area contributed by atoms with Crippen LogP contribution in [0.1, 0.15) is 31.1 Å². The van der Waals surface area contributed by atoms with E-state index in [2.05, 4.69) is 41.6 Å². The van der Waals surface area contributed by atoms with Crippen LogP contribution in [-0.2, 0) is 9.53 Å². The number of thiazole rings is 1. The molecule has 0 saturated carbocycles. The van der Waals surface area contributed by atoms with Crippen molar-refractivity contribution >= 4 is 22.4 Å². The summed E-state index contributed by atoms with van der Waals surface area (Å²) >= 11 is 1.56. The van der Waals surface area contributed by atoms with Gasteiger partial charge in [0, 0.05) is 29.4 Å². The molecule has 2 N–H and O–H groups in total. The maximum absolute atomic E-state index is 12.3. The van der Waals surface area contributed by atoms with Gasteiger partial charge in [0.25, 0.3) is 0 Å². The van der Waals surface area contributed by atoms with Crippen LogP contribution in [0.25, 0.3) is 11.3 Å². The molecule has 128 valence electrons. The molecule has 0 spiro atoms. The van der Waals surface area contributed by atoms with Crippen LogP contribution in [0, 0.1) is 0 Å². The number of carbonyl (C=O) groups excluding carboxylic acids is 1. The predicted octanol–water partition coefficient (Wildman–Crippen LogP) is 3.25. The number of nitrogens with zero attached hydrogens (tertiary/aromatic N) is 1. The second-order valence-electron chi connectivity index (χ2n) is 6.23. The van der Waals surface area contributed by atoms with Gasteiger partial charge in [-0.3, -0.25) is 4.79 Å². The summed E-state index contributed by atoms with van der Waals surface area (Å²) in [5, 5.41) is 6.91. The summed E-state index contributed by atoms with van der Waals surface area (Å²) in [6.45, 7) is 6.38. The van der Waals surface area contributed by atoms with Crippen molar-refractivity contribution < 1.29 is 9.53 Å². The SMILES string of the molecule is CC(C)c1sc(NC(=O)CC2COCCN2)nc1-c1ccccc1. The fourth-order valence-corrected chi connectivity index (χ4v) is 3.73. The first-order valence-electron chi connectivity index (χ1n) is 8.30. The molecule has 1 aliphatic heterocycles. The van der Waals surface area contributed by atoms with Crippen LogP contribution >= 0.6 is 11.3 Å². The highest BCUT2D eigenvalue weighted by Gasteiger charge is 2.20. The smallest absolute Gasteiger partial charge is 0.227 e. The normalized spacial score (nSPS) is 17.9. The number of rotatable bonds is 5. The number of hydrogen-bond acceptors (Lipinski definition) is 5. The number of hydrogen-bond donors (Lipinski definition) is 2. The van der Waals surface area contributed by atoms with Crippen molar-refractivity contribution in [2.75, 3.05) is 25.1 Å². The topological polar surface area (TPSA) is 63.2 Å². The van der Waals surface area contributed by atoms with Gasteiger partial charge in [0.15, 0.2) is 5.13 Å². The van der Waals surface area contributed by atoms with E-state index in [1.54, 1.807) is 11.3 Å². The zero-order valence-corrected chi connectivity index (χ0v) is 14.9. The molecule has 2 aromatic rings. The lowest BCUT2D eigenvalue weighted by molar-refractivity contribution is -0.117. The highest BCUT2D eigenvalue weighted by Crippen LogP contribution is 2.36. The fourth-order valence-electron chi connectivity index (χ4n) is 2.72. The minimum atomic E-state index is -0.0262. The van der Waals surface area contributed by atoms with Crippen molar-refractivity contribution in [3.63, 3.8) is 0 Å². The number of carbonyl (C=O) groups is 1.